The number of carbonyl (C=O) groups excluding carboxylic acids is 1. The number of carbonyl (C=O) groups is 1. The molecule has 5 nitrogen and oxygen atoms in total. The number of H-pyrrole nitrogens is 1. The summed E-state index contributed by atoms with van der Waals surface area (Å²) in [6.45, 7) is 0. The lowest BCUT2D eigenvalue weighted by Crippen LogP contribution is -2.14. The van der Waals surface area contributed by atoms with E-state index in [1.807, 2.05) is 18.2 Å². The molecular formula is C23H15F3N4O. The molecule has 0 spiro atoms. The van der Waals surface area contributed by atoms with E-state index in [2.05, 4.69) is 27.4 Å². The summed E-state index contributed by atoms with van der Waals surface area (Å²) in [5, 5.41) is 10.1. The highest BCUT2D eigenvalue weighted by Crippen LogP contribution is 2.29. The molecule has 0 atom stereocenters. The van der Waals surface area contributed by atoms with Crippen molar-refractivity contribution >= 4 is 28.3 Å². The normalized spacial score (nSPS) is 11.1. The van der Waals surface area contributed by atoms with Crippen LogP contribution >= 0.6 is 0 Å². The van der Waals surface area contributed by atoms with Gasteiger partial charge in [-0.05, 0) is 48.5 Å². The van der Waals surface area contributed by atoms with Crippen LogP contribution < -0.4 is 11.1 Å². The Bertz CT molecular complexity index is 1350. The molecule has 0 unspecified atom stereocenters. The lowest BCUT2D eigenvalue weighted by Gasteiger charge is -2.09. The van der Waals surface area contributed by atoms with Crippen molar-refractivity contribution in [2.75, 3.05) is 11.1 Å². The largest absolute Gasteiger partial charge is 0.416 e. The molecule has 4 N–H and O–H groups in total. The predicted octanol–water partition coefficient (Wildman–Crippen LogP) is 4.82. The zero-order valence-electron chi connectivity index (χ0n) is 15.9. The number of nitrogens with zero attached hydrogens (tertiary/aromatic N) is 1. The van der Waals surface area contributed by atoms with Crippen LogP contribution in [0.1, 0.15) is 27.0 Å². The number of fused-ring (bicyclic) bond motifs is 1. The second-order valence-corrected chi connectivity index (χ2v) is 6.70. The standard InChI is InChI=1S/C23H15F3N4O/c24-23(25,26)17-7-2-6-16(13-17)22(31)28-18-8-1-4-14(12-18)10-11-15-5-3-9-19-20(15)21(27)30-29-19/h1-9,12-13H,(H,28,31)(H3,27,29,30). The van der Waals surface area contributed by atoms with E-state index in [1.165, 1.54) is 12.1 Å². The number of hydrogen-bond donors (Lipinski definition) is 3. The third-order valence-corrected chi connectivity index (χ3v) is 4.53. The maximum atomic E-state index is 12.9. The summed E-state index contributed by atoms with van der Waals surface area (Å²) in [5.41, 5.74) is 7.41. The summed E-state index contributed by atoms with van der Waals surface area (Å²) in [7, 11) is 0. The number of halogens is 3. The van der Waals surface area contributed by atoms with Crippen LogP contribution in [0, 0.1) is 11.8 Å². The summed E-state index contributed by atoms with van der Waals surface area (Å²) in [6.07, 6.45) is -4.52. The van der Waals surface area contributed by atoms with Crippen LogP contribution in [-0.2, 0) is 6.18 Å². The SMILES string of the molecule is Nc1n[nH]c2cccc(C#Cc3cccc(NC(=O)c4cccc(C(F)(F)F)c4)c3)c12. The second-order valence-electron chi connectivity index (χ2n) is 6.70. The first-order valence-electron chi connectivity index (χ1n) is 9.14. The van der Waals surface area contributed by atoms with E-state index in [4.69, 9.17) is 5.73 Å². The third kappa shape index (κ3) is 4.36. The molecule has 0 aliphatic carbocycles. The van der Waals surface area contributed by atoms with Crippen molar-refractivity contribution in [3.05, 3.63) is 89.0 Å². The molecule has 0 fully saturated rings. The molecule has 0 aliphatic heterocycles. The van der Waals surface area contributed by atoms with Gasteiger partial charge in [0.25, 0.3) is 5.91 Å². The van der Waals surface area contributed by atoms with E-state index < -0.39 is 17.6 Å². The smallest absolute Gasteiger partial charge is 0.382 e. The lowest BCUT2D eigenvalue weighted by molar-refractivity contribution is -0.137. The van der Waals surface area contributed by atoms with E-state index in [0.29, 0.717) is 22.6 Å². The highest BCUT2D eigenvalue weighted by Gasteiger charge is 2.30. The van der Waals surface area contributed by atoms with E-state index in [0.717, 1.165) is 23.0 Å². The van der Waals surface area contributed by atoms with Crippen LogP contribution in [0.3, 0.4) is 0 Å². The van der Waals surface area contributed by atoms with Gasteiger partial charge in [0.15, 0.2) is 5.82 Å². The monoisotopic (exact) mass is 420 g/mol. The Morgan fingerprint density at radius 2 is 1.77 bits per heavy atom. The predicted molar refractivity (Wildman–Crippen MR) is 112 cm³/mol. The summed E-state index contributed by atoms with van der Waals surface area (Å²) < 4.78 is 38.6. The van der Waals surface area contributed by atoms with Crippen LogP contribution in [0.2, 0.25) is 0 Å². The van der Waals surface area contributed by atoms with Crippen LogP contribution in [0.5, 0.6) is 0 Å². The molecule has 154 valence electrons. The van der Waals surface area contributed by atoms with Crippen LogP contribution in [0.4, 0.5) is 24.7 Å². The first-order chi connectivity index (χ1) is 14.8. The Labute approximate surface area is 175 Å². The molecule has 31 heavy (non-hydrogen) atoms. The Morgan fingerprint density at radius 3 is 2.58 bits per heavy atom. The minimum Gasteiger partial charge on any atom is -0.382 e. The first-order valence-corrected chi connectivity index (χ1v) is 9.14. The lowest BCUT2D eigenvalue weighted by atomic mass is 10.1. The highest BCUT2D eigenvalue weighted by molar-refractivity contribution is 6.04. The number of benzene rings is 3. The summed E-state index contributed by atoms with van der Waals surface area (Å²) in [4.78, 5) is 12.4. The van der Waals surface area contributed by atoms with Crippen LogP contribution in [-0.4, -0.2) is 16.1 Å². The number of hydrogen-bond acceptors (Lipinski definition) is 3. The maximum absolute atomic E-state index is 12.9. The van der Waals surface area contributed by atoms with Crippen molar-refractivity contribution in [1.82, 2.24) is 10.2 Å². The van der Waals surface area contributed by atoms with E-state index >= 15 is 0 Å². The van der Waals surface area contributed by atoms with E-state index in [9.17, 15) is 18.0 Å². The van der Waals surface area contributed by atoms with Gasteiger partial charge >= 0.3 is 6.18 Å². The van der Waals surface area contributed by atoms with Crippen LogP contribution in [0.25, 0.3) is 10.9 Å². The van der Waals surface area contributed by atoms with Crippen molar-refractivity contribution in [3.63, 3.8) is 0 Å². The number of aromatic nitrogens is 2. The van der Waals surface area contributed by atoms with Crippen molar-refractivity contribution in [2.24, 2.45) is 0 Å². The van der Waals surface area contributed by atoms with Gasteiger partial charge < -0.3 is 11.1 Å². The molecule has 0 bridgehead atoms. The number of nitrogens with two attached hydrogens (primary N) is 1. The molecule has 0 aliphatic rings. The van der Waals surface area contributed by atoms with Gasteiger partial charge in [-0.2, -0.15) is 18.3 Å². The number of nitrogens with one attached hydrogen (secondary N) is 2. The molecular weight excluding hydrogens is 405 g/mol. The van der Waals surface area contributed by atoms with Gasteiger partial charge in [-0.25, -0.2) is 0 Å². The molecule has 0 radical (unpaired) electrons. The summed E-state index contributed by atoms with van der Waals surface area (Å²) in [6, 6.07) is 16.5. The Hall–Kier alpha value is -4.25. The molecule has 3 aromatic carbocycles. The third-order valence-electron chi connectivity index (χ3n) is 4.53. The molecule has 1 amide bonds. The van der Waals surface area contributed by atoms with E-state index in [1.54, 1.807) is 24.3 Å². The molecule has 1 heterocycles. The number of nitrogen functional groups attached to an aromatic ring is 1. The Balaban J connectivity index is 1.57. The highest BCUT2D eigenvalue weighted by atomic mass is 19.4. The number of rotatable bonds is 2. The van der Waals surface area contributed by atoms with Crippen LogP contribution in [0.15, 0.2) is 66.7 Å². The maximum Gasteiger partial charge on any atom is 0.416 e. The minimum atomic E-state index is -4.52. The minimum absolute atomic E-state index is 0.0894. The fourth-order valence-corrected chi connectivity index (χ4v) is 3.06. The topological polar surface area (TPSA) is 83.8 Å². The number of alkyl halides is 3. The number of anilines is 2. The van der Waals surface area contributed by atoms with Gasteiger partial charge in [0.1, 0.15) is 0 Å². The van der Waals surface area contributed by atoms with Crippen molar-refractivity contribution < 1.29 is 18.0 Å². The second kappa shape index (κ2) is 7.88. The average molecular weight is 420 g/mol. The van der Waals surface area contributed by atoms with Crippen molar-refractivity contribution in [3.8, 4) is 11.8 Å². The Kier molecular flexibility index (Phi) is 5.09. The summed E-state index contributed by atoms with van der Waals surface area (Å²) >= 11 is 0. The van der Waals surface area contributed by atoms with E-state index in [-0.39, 0.29) is 5.56 Å². The quantitative estimate of drug-likeness (QED) is 0.407. The van der Waals surface area contributed by atoms with Crippen molar-refractivity contribution in [1.29, 1.82) is 0 Å². The number of amides is 1. The van der Waals surface area contributed by atoms with Gasteiger partial charge in [-0.15, -0.1) is 0 Å². The molecule has 4 rings (SSSR count). The molecule has 8 heteroatoms. The molecule has 0 saturated heterocycles. The average Bonchev–Trinajstić information content (AvgIpc) is 3.13. The fraction of sp³-hybridized carbons (Fsp3) is 0.0435. The molecule has 0 saturated carbocycles. The zero-order chi connectivity index (χ0) is 22.0. The van der Waals surface area contributed by atoms with Gasteiger partial charge in [0.05, 0.1) is 16.5 Å². The van der Waals surface area contributed by atoms with Gasteiger partial charge in [0, 0.05) is 22.4 Å². The zero-order valence-corrected chi connectivity index (χ0v) is 15.9. The first kappa shape index (κ1) is 20.0. The fourth-order valence-electron chi connectivity index (χ4n) is 3.06. The number of aromatic amines is 1. The van der Waals surface area contributed by atoms with Gasteiger partial charge in [-0.1, -0.05) is 30.0 Å². The summed E-state index contributed by atoms with van der Waals surface area (Å²) in [5.74, 6) is 5.75. The molecule has 1 aromatic heterocycles. The van der Waals surface area contributed by atoms with Gasteiger partial charge in [0.2, 0.25) is 0 Å². The Morgan fingerprint density at radius 1 is 1.00 bits per heavy atom. The van der Waals surface area contributed by atoms with Crippen molar-refractivity contribution in [2.45, 2.75) is 6.18 Å². The molecule has 4 aromatic rings. The van der Waals surface area contributed by atoms with Gasteiger partial charge in [-0.3, -0.25) is 9.89 Å².